The minimum absolute atomic E-state index is 0.123. The van der Waals surface area contributed by atoms with Crippen molar-refractivity contribution in [2.45, 2.75) is 6.54 Å². The molecule has 2 N–H and O–H groups in total. The van der Waals surface area contributed by atoms with E-state index in [0.717, 1.165) is 66.0 Å². The number of fused-ring (bicyclic) bond motifs is 1. The number of anilines is 2. The fraction of sp³-hybridized carbons (Fsp3) is 0.161. The number of aromatic nitrogens is 1. The number of hydrogen-bond acceptors (Lipinski definition) is 6. The van der Waals surface area contributed by atoms with E-state index < -0.39 is 0 Å². The van der Waals surface area contributed by atoms with Crippen LogP contribution < -0.4 is 10.6 Å². The van der Waals surface area contributed by atoms with E-state index in [1.54, 1.807) is 12.1 Å². The minimum atomic E-state index is -0.344. The van der Waals surface area contributed by atoms with Crippen LogP contribution in [0.4, 0.5) is 16.2 Å². The fourth-order valence-electron chi connectivity index (χ4n) is 4.83. The Hall–Kier alpha value is -4.66. The molecule has 8 heteroatoms. The third-order valence-electron chi connectivity index (χ3n) is 6.85. The molecule has 2 aliphatic heterocycles. The highest BCUT2D eigenvalue weighted by Crippen LogP contribution is 2.33. The second kappa shape index (κ2) is 11.0. The number of hydrogen-bond donors (Lipinski definition) is 2. The standard InChI is InChI=1S/C31H27N5O3/c37-25-17-30(33-19-25)21-5-8-23(9-6-21)34-31(38)35-29-12-11-26(27-3-1-2-4-28(27)29)22-7-10-24(32-18-22)20-36-13-15-39-16-14-36/h1-12,17-19H,13-16,20H2,(H2,34,35,38). The number of carbonyl (C=O) groups is 2. The number of urea groups is 1. The molecular weight excluding hydrogens is 490 g/mol. The van der Waals surface area contributed by atoms with Gasteiger partial charge in [-0.2, -0.15) is 0 Å². The highest BCUT2D eigenvalue weighted by molar-refractivity contribution is 6.37. The van der Waals surface area contributed by atoms with Gasteiger partial charge >= 0.3 is 6.03 Å². The molecule has 0 atom stereocenters. The van der Waals surface area contributed by atoms with Crippen molar-refractivity contribution in [1.82, 2.24) is 9.88 Å². The molecule has 0 bridgehead atoms. The molecule has 3 heterocycles. The molecule has 2 amide bonds. The van der Waals surface area contributed by atoms with E-state index in [2.05, 4.69) is 38.7 Å². The van der Waals surface area contributed by atoms with Gasteiger partial charge in [-0.1, -0.05) is 48.5 Å². The van der Waals surface area contributed by atoms with Crippen molar-refractivity contribution in [2.24, 2.45) is 4.99 Å². The molecule has 6 rings (SSSR count). The summed E-state index contributed by atoms with van der Waals surface area (Å²) in [5, 5.41) is 7.82. The summed E-state index contributed by atoms with van der Waals surface area (Å²) in [6.07, 6.45) is 4.70. The monoisotopic (exact) mass is 517 g/mol. The number of aliphatic imine (C=N–C) groups is 1. The molecule has 8 nitrogen and oxygen atoms in total. The second-order valence-electron chi connectivity index (χ2n) is 9.48. The lowest BCUT2D eigenvalue weighted by molar-refractivity contribution is -0.108. The first-order chi connectivity index (χ1) is 19.1. The number of rotatable bonds is 6. The van der Waals surface area contributed by atoms with Crippen LogP contribution in [0.15, 0.2) is 90.1 Å². The Morgan fingerprint density at radius 2 is 1.64 bits per heavy atom. The van der Waals surface area contributed by atoms with E-state index in [1.165, 1.54) is 12.3 Å². The zero-order valence-electron chi connectivity index (χ0n) is 21.3. The molecule has 3 aromatic carbocycles. The molecule has 1 aromatic heterocycles. The Labute approximate surface area is 226 Å². The lowest BCUT2D eigenvalue weighted by Gasteiger charge is -2.26. The Kier molecular flexibility index (Phi) is 6.95. The van der Waals surface area contributed by atoms with Crippen LogP contribution in [-0.2, 0) is 16.1 Å². The molecule has 39 heavy (non-hydrogen) atoms. The zero-order valence-corrected chi connectivity index (χ0v) is 21.3. The van der Waals surface area contributed by atoms with E-state index in [4.69, 9.17) is 9.72 Å². The molecule has 0 spiro atoms. The van der Waals surface area contributed by atoms with Gasteiger partial charge in [0.15, 0.2) is 5.78 Å². The van der Waals surface area contributed by atoms with Crippen molar-refractivity contribution < 1.29 is 14.3 Å². The van der Waals surface area contributed by atoms with E-state index in [1.807, 2.05) is 48.7 Å². The van der Waals surface area contributed by atoms with E-state index in [0.29, 0.717) is 17.1 Å². The Morgan fingerprint density at radius 1 is 0.872 bits per heavy atom. The van der Waals surface area contributed by atoms with Crippen LogP contribution >= 0.6 is 0 Å². The first-order valence-corrected chi connectivity index (χ1v) is 12.9. The SMILES string of the molecule is O=C1C=NC(c2ccc(NC(=O)Nc3ccc(-c4ccc(CN5CCOCC5)nc4)c4ccccc34)cc2)=C1. The number of carbonyl (C=O) groups excluding carboxylic acids is 2. The van der Waals surface area contributed by atoms with Crippen molar-refractivity contribution in [2.75, 3.05) is 36.9 Å². The highest BCUT2D eigenvalue weighted by Gasteiger charge is 2.14. The van der Waals surface area contributed by atoms with Crippen molar-refractivity contribution in [3.63, 3.8) is 0 Å². The van der Waals surface area contributed by atoms with E-state index >= 15 is 0 Å². The molecule has 0 aliphatic carbocycles. The number of allylic oxidation sites excluding steroid dienone is 1. The topological polar surface area (TPSA) is 95.9 Å². The average molecular weight is 518 g/mol. The molecule has 194 valence electrons. The number of ether oxygens (including phenoxy) is 1. The molecule has 0 radical (unpaired) electrons. The molecule has 2 aliphatic rings. The molecule has 0 unspecified atom stereocenters. The lowest BCUT2D eigenvalue weighted by Crippen LogP contribution is -2.35. The number of ketones is 1. The third-order valence-corrected chi connectivity index (χ3v) is 6.85. The van der Waals surface area contributed by atoms with Gasteiger partial charge in [0.1, 0.15) is 0 Å². The van der Waals surface area contributed by atoms with Crippen LogP contribution in [0.3, 0.4) is 0 Å². The van der Waals surface area contributed by atoms with Gasteiger partial charge < -0.3 is 15.4 Å². The summed E-state index contributed by atoms with van der Waals surface area (Å²) < 4.78 is 5.44. The summed E-state index contributed by atoms with van der Waals surface area (Å²) in [7, 11) is 0. The normalized spacial score (nSPS) is 15.4. The van der Waals surface area contributed by atoms with Gasteiger partial charge in [0, 0.05) is 54.1 Å². The Morgan fingerprint density at radius 3 is 2.36 bits per heavy atom. The van der Waals surface area contributed by atoms with Crippen LogP contribution in [0.25, 0.3) is 27.6 Å². The van der Waals surface area contributed by atoms with Crippen LogP contribution in [0.5, 0.6) is 0 Å². The lowest BCUT2D eigenvalue weighted by atomic mass is 9.98. The smallest absolute Gasteiger partial charge is 0.323 e. The van der Waals surface area contributed by atoms with Crippen molar-refractivity contribution in [1.29, 1.82) is 0 Å². The highest BCUT2D eigenvalue weighted by atomic mass is 16.5. The summed E-state index contributed by atoms with van der Waals surface area (Å²) in [5.74, 6) is -0.123. The summed E-state index contributed by atoms with van der Waals surface area (Å²) in [5.41, 5.74) is 5.89. The molecule has 0 saturated carbocycles. The van der Waals surface area contributed by atoms with Gasteiger partial charge in [0.25, 0.3) is 0 Å². The minimum Gasteiger partial charge on any atom is -0.379 e. The number of pyridine rings is 1. The van der Waals surface area contributed by atoms with Gasteiger partial charge in [-0.15, -0.1) is 0 Å². The number of morpholine rings is 1. The molecule has 1 saturated heterocycles. The fourth-order valence-corrected chi connectivity index (χ4v) is 4.83. The van der Waals surface area contributed by atoms with Crippen molar-refractivity contribution in [3.8, 4) is 11.1 Å². The van der Waals surface area contributed by atoms with E-state index in [9.17, 15) is 9.59 Å². The average Bonchev–Trinajstić information content (AvgIpc) is 3.41. The van der Waals surface area contributed by atoms with Crippen molar-refractivity contribution in [3.05, 3.63) is 96.3 Å². The Balaban J connectivity index is 1.17. The van der Waals surface area contributed by atoms with Crippen molar-refractivity contribution >= 4 is 45.9 Å². The number of nitrogens with zero attached hydrogens (tertiary/aromatic N) is 3. The summed E-state index contributed by atoms with van der Waals surface area (Å²) in [4.78, 5) is 35.4. The largest absolute Gasteiger partial charge is 0.379 e. The van der Waals surface area contributed by atoms with Crippen LogP contribution in [0.2, 0.25) is 0 Å². The van der Waals surface area contributed by atoms with Gasteiger partial charge in [-0.05, 0) is 35.2 Å². The summed E-state index contributed by atoms with van der Waals surface area (Å²) >= 11 is 0. The number of benzene rings is 3. The summed E-state index contributed by atoms with van der Waals surface area (Å²) in [6.45, 7) is 4.21. The Bertz CT molecular complexity index is 1590. The maximum Gasteiger partial charge on any atom is 0.323 e. The van der Waals surface area contributed by atoms with Crippen LogP contribution in [-0.4, -0.2) is 54.2 Å². The first-order valence-electron chi connectivity index (χ1n) is 12.9. The van der Waals surface area contributed by atoms with Crippen LogP contribution in [0.1, 0.15) is 11.3 Å². The van der Waals surface area contributed by atoms with Crippen LogP contribution in [0, 0.1) is 0 Å². The maximum absolute atomic E-state index is 12.8. The predicted octanol–water partition coefficient (Wildman–Crippen LogP) is 5.37. The molecule has 1 fully saturated rings. The van der Waals surface area contributed by atoms with E-state index in [-0.39, 0.29) is 11.8 Å². The number of nitrogens with one attached hydrogen (secondary N) is 2. The predicted molar refractivity (Wildman–Crippen MR) is 154 cm³/mol. The first kappa shape index (κ1) is 24.7. The zero-order chi connectivity index (χ0) is 26.6. The van der Waals surface area contributed by atoms with Gasteiger partial charge in [0.05, 0.1) is 36.5 Å². The second-order valence-corrected chi connectivity index (χ2v) is 9.48. The van der Waals surface area contributed by atoms with Gasteiger partial charge in [-0.25, -0.2) is 4.79 Å². The quantitative estimate of drug-likeness (QED) is 0.358. The number of amides is 2. The molecular formula is C31H27N5O3. The summed E-state index contributed by atoms with van der Waals surface area (Å²) in [6, 6.07) is 23.0. The van der Waals surface area contributed by atoms with Gasteiger partial charge in [-0.3, -0.25) is 19.7 Å². The third kappa shape index (κ3) is 5.62. The molecule has 4 aromatic rings. The van der Waals surface area contributed by atoms with Gasteiger partial charge in [0.2, 0.25) is 0 Å². The maximum atomic E-state index is 12.8.